The SMILES string of the molecule is NCCCn1c(=O)[nH]c2ccc(O)cc21. The van der Waals surface area contributed by atoms with E-state index in [1.54, 1.807) is 22.8 Å². The maximum atomic E-state index is 11.5. The van der Waals surface area contributed by atoms with Crippen LogP contribution in [0.3, 0.4) is 0 Å². The zero-order valence-corrected chi connectivity index (χ0v) is 8.23. The molecular formula is C10H13N3O2. The summed E-state index contributed by atoms with van der Waals surface area (Å²) in [6.07, 6.45) is 0.739. The van der Waals surface area contributed by atoms with Gasteiger partial charge in [0.1, 0.15) is 5.75 Å². The van der Waals surface area contributed by atoms with E-state index in [-0.39, 0.29) is 11.4 Å². The number of nitrogens with one attached hydrogen (secondary N) is 1. The van der Waals surface area contributed by atoms with Crippen molar-refractivity contribution < 1.29 is 5.11 Å². The topological polar surface area (TPSA) is 84.0 Å². The number of imidazole rings is 1. The number of fused-ring (bicyclic) bond motifs is 1. The summed E-state index contributed by atoms with van der Waals surface area (Å²) in [7, 11) is 0. The van der Waals surface area contributed by atoms with Crippen LogP contribution in [0.5, 0.6) is 5.75 Å². The molecule has 0 spiro atoms. The fourth-order valence-electron chi connectivity index (χ4n) is 1.61. The van der Waals surface area contributed by atoms with Gasteiger partial charge in [-0.15, -0.1) is 0 Å². The van der Waals surface area contributed by atoms with Crippen LogP contribution in [0.1, 0.15) is 6.42 Å². The highest BCUT2D eigenvalue weighted by atomic mass is 16.3. The molecule has 4 N–H and O–H groups in total. The Hall–Kier alpha value is -1.75. The number of benzene rings is 1. The maximum Gasteiger partial charge on any atom is 0.326 e. The van der Waals surface area contributed by atoms with Crippen LogP contribution in [0.25, 0.3) is 11.0 Å². The predicted octanol–water partition coefficient (Wildman–Crippen LogP) is 0.384. The summed E-state index contributed by atoms with van der Waals surface area (Å²) in [4.78, 5) is 14.3. The van der Waals surface area contributed by atoms with E-state index in [2.05, 4.69) is 4.98 Å². The number of aromatic amines is 1. The minimum absolute atomic E-state index is 0.156. The van der Waals surface area contributed by atoms with Crippen molar-refractivity contribution in [3.05, 3.63) is 28.7 Å². The fraction of sp³-hybridized carbons (Fsp3) is 0.300. The molecule has 1 heterocycles. The fourth-order valence-corrected chi connectivity index (χ4v) is 1.61. The van der Waals surface area contributed by atoms with E-state index < -0.39 is 0 Å². The lowest BCUT2D eigenvalue weighted by Gasteiger charge is -2.01. The summed E-state index contributed by atoms with van der Waals surface area (Å²) in [6, 6.07) is 4.81. The van der Waals surface area contributed by atoms with E-state index in [0.29, 0.717) is 18.6 Å². The van der Waals surface area contributed by atoms with Crippen LogP contribution in [0.2, 0.25) is 0 Å². The van der Waals surface area contributed by atoms with Crippen molar-refractivity contribution in [1.29, 1.82) is 0 Å². The molecule has 0 bridgehead atoms. The molecule has 80 valence electrons. The molecule has 1 aromatic heterocycles. The lowest BCUT2D eigenvalue weighted by atomic mass is 10.3. The van der Waals surface area contributed by atoms with E-state index in [4.69, 9.17) is 5.73 Å². The van der Waals surface area contributed by atoms with Crippen molar-refractivity contribution in [3.8, 4) is 5.75 Å². The molecule has 0 radical (unpaired) electrons. The second-order valence-corrected chi connectivity index (χ2v) is 3.43. The monoisotopic (exact) mass is 207 g/mol. The number of phenolic OH excluding ortho intramolecular Hbond substituents is 1. The zero-order chi connectivity index (χ0) is 10.8. The molecule has 5 nitrogen and oxygen atoms in total. The van der Waals surface area contributed by atoms with Crippen molar-refractivity contribution >= 4 is 11.0 Å². The van der Waals surface area contributed by atoms with Crippen LogP contribution in [0, 0.1) is 0 Å². The molecule has 0 amide bonds. The first-order chi connectivity index (χ1) is 7.22. The number of aromatic nitrogens is 2. The van der Waals surface area contributed by atoms with Gasteiger partial charge < -0.3 is 15.8 Å². The average Bonchev–Trinajstić information content (AvgIpc) is 2.51. The van der Waals surface area contributed by atoms with Gasteiger partial charge in [-0.25, -0.2) is 4.79 Å². The second-order valence-electron chi connectivity index (χ2n) is 3.43. The first kappa shape index (κ1) is 9.79. The number of nitrogens with zero attached hydrogens (tertiary/aromatic N) is 1. The summed E-state index contributed by atoms with van der Waals surface area (Å²) in [6.45, 7) is 1.11. The van der Waals surface area contributed by atoms with Gasteiger partial charge in [-0.3, -0.25) is 4.57 Å². The lowest BCUT2D eigenvalue weighted by Crippen LogP contribution is -2.18. The summed E-state index contributed by atoms with van der Waals surface area (Å²) < 4.78 is 1.59. The predicted molar refractivity (Wildman–Crippen MR) is 57.9 cm³/mol. The van der Waals surface area contributed by atoms with Gasteiger partial charge in [-0.05, 0) is 25.1 Å². The summed E-state index contributed by atoms with van der Waals surface area (Å²) in [5.74, 6) is 0.156. The van der Waals surface area contributed by atoms with Gasteiger partial charge in [0.2, 0.25) is 0 Å². The number of rotatable bonds is 3. The molecule has 0 fully saturated rings. The normalized spacial score (nSPS) is 11.0. The number of phenols is 1. The molecule has 2 aromatic rings. The Kier molecular flexibility index (Phi) is 2.47. The standard InChI is InChI=1S/C10H13N3O2/c11-4-1-5-13-9-6-7(14)2-3-8(9)12-10(13)15/h2-3,6,14H,1,4-5,11H2,(H,12,15). The molecule has 0 atom stereocenters. The Bertz CT molecular complexity index is 527. The molecule has 1 aromatic carbocycles. The average molecular weight is 207 g/mol. The van der Waals surface area contributed by atoms with Crippen molar-refractivity contribution in [1.82, 2.24) is 9.55 Å². The molecular weight excluding hydrogens is 194 g/mol. The van der Waals surface area contributed by atoms with Crippen molar-refractivity contribution in [2.45, 2.75) is 13.0 Å². The number of hydrogen-bond acceptors (Lipinski definition) is 3. The minimum atomic E-state index is -0.163. The Labute approximate surface area is 86.1 Å². The highest BCUT2D eigenvalue weighted by molar-refractivity contribution is 5.76. The smallest absolute Gasteiger partial charge is 0.326 e. The van der Waals surface area contributed by atoms with E-state index in [0.717, 1.165) is 11.9 Å². The Morgan fingerprint density at radius 1 is 1.47 bits per heavy atom. The van der Waals surface area contributed by atoms with Crippen LogP contribution < -0.4 is 11.4 Å². The van der Waals surface area contributed by atoms with E-state index in [1.807, 2.05) is 0 Å². The molecule has 0 aliphatic heterocycles. The molecule has 0 saturated carbocycles. The second kappa shape index (κ2) is 3.78. The quantitative estimate of drug-likeness (QED) is 0.680. The number of hydrogen-bond donors (Lipinski definition) is 3. The molecule has 0 aliphatic rings. The largest absolute Gasteiger partial charge is 0.508 e. The van der Waals surface area contributed by atoms with Gasteiger partial charge in [0.15, 0.2) is 0 Å². The van der Waals surface area contributed by atoms with Crippen molar-refractivity contribution in [2.75, 3.05) is 6.54 Å². The van der Waals surface area contributed by atoms with E-state index in [9.17, 15) is 9.90 Å². The summed E-state index contributed by atoms with van der Waals surface area (Å²) in [5, 5.41) is 9.34. The third-order valence-corrected chi connectivity index (χ3v) is 2.34. The number of aryl methyl sites for hydroxylation is 1. The Morgan fingerprint density at radius 3 is 3.00 bits per heavy atom. The van der Waals surface area contributed by atoms with Crippen LogP contribution >= 0.6 is 0 Å². The van der Waals surface area contributed by atoms with Gasteiger partial charge in [0, 0.05) is 12.6 Å². The zero-order valence-electron chi connectivity index (χ0n) is 8.23. The maximum absolute atomic E-state index is 11.5. The summed E-state index contributed by atoms with van der Waals surface area (Å²) >= 11 is 0. The Balaban J connectivity index is 2.55. The van der Waals surface area contributed by atoms with Crippen molar-refractivity contribution in [2.24, 2.45) is 5.73 Å². The molecule has 15 heavy (non-hydrogen) atoms. The highest BCUT2D eigenvalue weighted by Gasteiger charge is 2.06. The van der Waals surface area contributed by atoms with Gasteiger partial charge in [-0.2, -0.15) is 0 Å². The minimum Gasteiger partial charge on any atom is -0.508 e. The van der Waals surface area contributed by atoms with Crippen LogP contribution in [-0.2, 0) is 6.54 Å². The third kappa shape index (κ3) is 1.73. The van der Waals surface area contributed by atoms with Gasteiger partial charge in [0.05, 0.1) is 11.0 Å². The molecule has 0 aliphatic carbocycles. The first-order valence-corrected chi connectivity index (χ1v) is 4.84. The molecule has 0 unspecified atom stereocenters. The number of nitrogens with two attached hydrogens (primary N) is 1. The van der Waals surface area contributed by atoms with Crippen molar-refractivity contribution in [3.63, 3.8) is 0 Å². The Morgan fingerprint density at radius 2 is 2.27 bits per heavy atom. The summed E-state index contributed by atoms with van der Waals surface area (Å²) in [5.41, 5.74) is 6.68. The van der Waals surface area contributed by atoms with Crippen LogP contribution in [0.15, 0.2) is 23.0 Å². The highest BCUT2D eigenvalue weighted by Crippen LogP contribution is 2.17. The molecule has 2 rings (SSSR count). The van der Waals surface area contributed by atoms with E-state index in [1.165, 1.54) is 0 Å². The van der Waals surface area contributed by atoms with Gasteiger partial charge >= 0.3 is 5.69 Å². The van der Waals surface area contributed by atoms with Gasteiger partial charge in [0.25, 0.3) is 0 Å². The van der Waals surface area contributed by atoms with Gasteiger partial charge in [-0.1, -0.05) is 0 Å². The molecule has 0 saturated heterocycles. The number of aromatic hydroxyl groups is 1. The lowest BCUT2D eigenvalue weighted by molar-refractivity contribution is 0.475. The van der Waals surface area contributed by atoms with Crippen LogP contribution in [0.4, 0.5) is 0 Å². The third-order valence-electron chi connectivity index (χ3n) is 2.34. The first-order valence-electron chi connectivity index (χ1n) is 4.84. The van der Waals surface area contributed by atoms with Crippen LogP contribution in [-0.4, -0.2) is 21.2 Å². The number of H-pyrrole nitrogens is 1. The van der Waals surface area contributed by atoms with E-state index >= 15 is 0 Å². The molecule has 5 heteroatoms.